The summed E-state index contributed by atoms with van der Waals surface area (Å²) in [6.45, 7) is 12.3. The predicted octanol–water partition coefficient (Wildman–Crippen LogP) is 3.06. The second-order valence-electron chi connectivity index (χ2n) is 8.18. The van der Waals surface area contributed by atoms with Gasteiger partial charge < -0.3 is 19.5 Å². The normalized spacial score (nSPS) is 22.6. The Morgan fingerprint density at radius 1 is 1.04 bits per heavy atom. The second kappa shape index (κ2) is 7.38. The number of carbonyl (C=O) groups excluding carboxylic acids is 1. The highest BCUT2D eigenvalue weighted by Crippen LogP contribution is 2.40. The molecule has 2 aliphatic heterocycles. The molecule has 0 atom stereocenters. The minimum Gasteiger partial charge on any atom is -0.398 e. The summed E-state index contributed by atoms with van der Waals surface area (Å²) in [6, 6.07) is 7.05. The van der Waals surface area contributed by atoms with Gasteiger partial charge in [-0.3, -0.25) is 4.79 Å². The molecule has 3 rings (SSSR count). The number of carbonyl (C=O) groups is 1. The predicted molar refractivity (Wildman–Crippen MR) is 105 cm³/mol. The van der Waals surface area contributed by atoms with Crippen LogP contribution in [0.4, 0.5) is 4.39 Å². The van der Waals surface area contributed by atoms with Crippen LogP contribution in [0, 0.1) is 0 Å². The van der Waals surface area contributed by atoms with Crippen LogP contribution in [-0.4, -0.2) is 55.3 Å². The van der Waals surface area contributed by atoms with Crippen LogP contribution in [0.15, 0.2) is 30.0 Å². The van der Waals surface area contributed by atoms with Gasteiger partial charge in [0.15, 0.2) is 0 Å². The average molecular weight is 374 g/mol. The van der Waals surface area contributed by atoms with Crippen molar-refractivity contribution in [1.82, 2.24) is 10.2 Å². The van der Waals surface area contributed by atoms with E-state index in [9.17, 15) is 9.18 Å². The lowest BCUT2D eigenvalue weighted by Gasteiger charge is -2.32. The minimum absolute atomic E-state index is 0.0103. The van der Waals surface area contributed by atoms with Crippen molar-refractivity contribution in [1.29, 1.82) is 0 Å². The lowest BCUT2D eigenvalue weighted by Crippen LogP contribution is -2.46. The van der Waals surface area contributed by atoms with Crippen molar-refractivity contribution in [2.45, 2.75) is 45.8 Å². The summed E-state index contributed by atoms with van der Waals surface area (Å²) in [5, 5.41) is 3.23. The van der Waals surface area contributed by atoms with E-state index in [-0.39, 0.29) is 5.91 Å². The first-order valence-electron chi connectivity index (χ1n) is 9.45. The van der Waals surface area contributed by atoms with Crippen molar-refractivity contribution in [3.05, 3.63) is 41.1 Å². The molecule has 1 N–H and O–H groups in total. The van der Waals surface area contributed by atoms with Gasteiger partial charge in [-0.25, -0.2) is 4.39 Å². The van der Waals surface area contributed by atoms with E-state index in [0.717, 1.165) is 13.1 Å². The van der Waals surface area contributed by atoms with E-state index in [2.05, 4.69) is 5.32 Å². The molecule has 7 heteroatoms. The summed E-state index contributed by atoms with van der Waals surface area (Å²) in [4.78, 5) is 14.4. The fourth-order valence-electron chi connectivity index (χ4n) is 3.17. The molecule has 2 saturated heterocycles. The van der Waals surface area contributed by atoms with Crippen LogP contribution >= 0.6 is 0 Å². The van der Waals surface area contributed by atoms with Crippen molar-refractivity contribution in [3.63, 3.8) is 0 Å². The third kappa shape index (κ3) is 3.95. The van der Waals surface area contributed by atoms with E-state index in [4.69, 9.17) is 9.31 Å². The summed E-state index contributed by atoms with van der Waals surface area (Å²) >= 11 is 0. The molecular formula is C20H28BFN2O3. The second-order valence-corrected chi connectivity index (χ2v) is 8.18. The summed E-state index contributed by atoms with van der Waals surface area (Å²) in [5.41, 5.74) is 0.164. The van der Waals surface area contributed by atoms with Gasteiger partial charge in [0.05, 0.1) is 11.2 Å². The average Bonchev–Trinajstić information content (AvgIpc) is 2.88. The molecule has 0 aliphatic carbocycles. The fraction of sp³-hybridized carbons (Fsp3) is 0.550. The molecule has 2 aliphatic rings. The number of nitrogens with one attached hydrogen (secondary N) is 1. The quantitative estimate of drug-likeness (QED) is 0.827. The number of hydrogen-bond acceptors (Lipinski definition) is 4. The molecule has 0 spiro atoms. The Morgan fingerprint density at radius 3 is 2.04 bits per heavy atom. The van der Waals surface area contributed by atoms with Crippen molar-refractivity contribution in [3.8, 4) is 0 Å². The molecule has 27 heavy (non-hydrogen) atoms. The Kier molecular flexibility index (Phi) is 5.48. The number of nitrogens with zero attached hydrogens (tertiary/aromatic N) is 1. The van der Waals surface area contributed by atoms with Crippen LogP contribution in [0.1, 0.15) is 50.5 Å². The van der Waals surface area contributed by atoms with Crippen LogP contribution in [0.3, 0.4) is 0 Å². The Morgan fingerprint density at radius 2 is 1.52 bits per heavy atom. The van der Waals surface area contributed by atoms with Gasteiger partial charge in [-0.05, 0) is 57.9 Å². The summed E-state index contributed by atoms with van der Waals surface area (Å²) in [7, 11) is -1.02. The number of rotatable bonds is 3. The summed E-state index contributed by atoms with van der Waals surface area (Å²) in [6.07, 6.45) is 0. The van der Waals surface area contributed by atoms with Crippen LogP contribution in [0.25, 0.3) is 5.57 Å². The first-order valence-corrected chi connectivity index (χ1v) is 9.45. The number of piperazine rings is 1. The standard InChI is InChI=1S/C20H28BFN2O3/c1-14(17(22)21-26-19(2,3)20(4,5)27-21)15-6-8-16(9-7-15)18(25)24-12-10-23-11-13-24/h6-9,23H,10-13H2,1-5H3. The van der Waals surface area contributed by atoms with Gasteiger partial charge in [0, 0.05) is 31.7 Å². The van der Waals surface area contributed by atoms with Crippen LogP contribution < -0.4 is 5.32 Å². The Balaban J connectivity index is 1.76. The Labute approximate surface area is 161 Å². The van der Waals surface area contributed by atoms with E-state index in [1.807, 2.05) is 32.6 Å². The number of hydrogen-bond donors (Lipinski definition) is 1. The van der Waals surface area contributed by atoms with E-state index in [1.165, 1.54) is 0 Å². The van der Waals surface area contributed by atoms with Crippen molar-refractivity contribution in [2.75, 3.05) is 26.2 Å². The molecule has 5 nitrogen and oxygen atoms in total. The summed E-state index contributed by atoms with van der Waals surface area (Å²) < 4.78 is 26.5. The maximum atomic E-state index is 15.0. The van der Waals surface area contributed by atoms with Crippen LogP contribution in [0.5, 0.6) is 0 Å². The topological polar surface area (TPSA) is 50.8 Å². The van der Waals surface area contributed by atoms with Gasteiger partial charge in [0.25, 0.3) is 5.91 Å². The van der Waals surface area contributed by atoms with E-state index in [1.54, 1.807) is 31.2 Å². The zero-order chi connectivity index (χ0) is 19.8. The number of allylic oxidation sites excluding steroid dienone is 1. The molecule has 0 saturated carbocycles. The first kappa shape index (κ1) is 20.0. The highest BCUT2D eigenvalue weighted by molar-refractivity contribution is 6.55. The minimum atomic E-state index is -1.02. The number of halogens is 1. The molecule has 0 radical (unpaired) electrons. The maximum Gasteiger partial charge on any atom is 0.525 e. The molecule has 1 amide bonds. The highest BCUT2D eigenvalue weighted by Gasteiger charge is 2.53. The van der Waals surface area contributed by atoms with Gasteiger partial charge in [0.2, 0.25) is 0 Å². The molecule has 2 heterocycles. The molecule has 0 unspecified atom stereocenters. The van der Waals surface area contributed by atoms with Crippen molar-refractivity contribution >= 4 is 18.6 Å². The van der Waals surface area contributed by atoms with Gasteiger partial charge in [-0.1, -0.05) is 12.1 Å². The molecule has 1 aromatic rings. The van der Waals surface area contributed by atoms with Gasteiger partial charge in [0.1, 0.15) is 5.73 Å². The SMILES string of the molecule is CC(=C(F)B1OC(C)(C)C(C)(C)O1)c1ccc(C(=O)N2CCNCC2)cc1. The highest BCUT2D eigenvalue weighted by atomic mass is 19.1. The number of benzene rings is 1. The Bertz CT molecular complexity index is 724. The van der Waals surface area contributed by atoms with Crippen LogP contribution in [-0.2, 0) is 9.31 Å². The summed E-state index contributed by atoms with van der Waals surface area (Å²) in [5.74, 6) is 0.0103. The third-order valence-electron chi connectivity index (χ3n) is 5.79. The van der Waals surface area contributed by atoms with E-state index in [0.29, 0.717) is 29.8 Å². The molecule has 0 aromatic heterocycles. The molecular weight excluding hydrogens is 346 g/mol. The lowest BCUT2D eigenvalue weighted by atomic mass is 9.83. The molecule has 0 bridgehead atoms. The van der Waals surface area contributed by atoms with E-state index >= 15 is 0 Å². The van der Waals surface area contributed by atoms with Gasteiger partial charge in [-0.15, -0.1) is 0 Å². The molecule has 1 aromatic carbocycles. The van der Waals surface area contributed by atoms with Gasteiger partial charge >= 0.3 is 7.12 Å². The first-order chi connectivity index (χ1) is 12.6. The lowest BCUT2D eigenvalue weighted by molar-refractivity contribution is 0.00578. The largest absolute Gasteiger partial charge is 0.525 e. The third-order valence-corrected chi connectivity index (χ3v) is 5.79. The smallest absolute Gasteiger partial charge is 0.398 e. The fourth-order valence-corrected chi connectivity index (χ4v) is 3.17. The molecule has 146 valence electrons. The Hall–Kier alpha value is -1.70. The monoisotopic (exact) mass is 374 g/mol. The number of amides is 1. The maximum absolute atomic E-state index is 15.0. The van der Waals surface area contributed by atoms with Crippen molar-refractivity contribution in [2.24, 2.45) is 0 Å². The van der Waals surface area contributed by atoms with E-state index < -0.39 is 24.0 Å². The zero-order valence-corrected chi connectivity index (χ0v) is 16.8. The zero-order valence-electron chi connectivity index (χ0n) is 16.8. The van der Waals surface area contributed by atoms with Crippen molar-refractivity contribution < 1.29 is 18.5 Å². The van der Waals surface area contributed by atoms with Crippen LogP contribution in [0.2, 0.25) is 0 Å². The molecule has 2 fully saturated rings. The van der Waals surface area contributed by atoms with Gasteiger partial charge in [-0.2, -0.15) is 0 Å².